The van der Waals surface area contributed by atoms with Crippen LogP contribution < -0.4 is 5.09 Å². The van der Waals surface area contributed by atoms with E-state index < -0.39 is 7.75 Å². The van der Waals surface area contributed by atoms with Gasteiger partial charge in [-0.3, -0.25) is 9.05 Å². The number of unbranched alkanes of at least 4 members (excludes halogenated alkanes) is 14. The molecule has 0 saturated heterocycles. The molecule has 1 unspecified atom stereocenters. The average molecular weight is 499 g/mol. The molecule has 29 heavy (non-hydrogen) atoms. The molecule has 1 atom stereocenters. The summed E-state index contributed by atoms with van der Waals surface area (Å²) < 4.78 is 24.5. The van der Waals surface area contributed by atoms with Crippen LogP contribution in [-0.4, -0.2) is 25.1 Å². The standard InChI is InChI=1S/C23H49BrNO3P/c1-3-5-7-9-13-17-21-25-29(26,27-22-18-14-10-8-6-4-2)28-23-19-15-11-12-16-20-24/h3-23H2,1-2H3,(H,25,26). The normalized spacial score (nSPS) is 13.6. The van der Waals surface area contributed by atoms with Crippen molar-refractivity contribution in [2.45, 2.75) is 123 Å². The lowest BCUT2D eigenvalue weighted by molar-refractivity contribution is 0.189. The zero-order valence-electron chi connectivity index (χ0n) is 19.4. The smallest absolute Gasteiger partial charge is 0.297 e. The van der Waals surface area contributed by atoms with Crippen LogP contribution in [0.3, 0.4) is 0 Å². The molecular weight excluding hydrogens is 449 g/mol. The van der Waals surface area contributed by atoms with Crippen molar-refractivity contribution in [3.8, 4) is 0 Å². The van der Waals surface area contributed by atoms with Gasteiger partial charge in [0.05, 0.1) is 13.2 Å². The summed E-state index contributed by atoms with van der Waals surface area (Å²) in [5.74, 6) is 0. The van der Waals surface area contributed by atoms with Crippen molar-refractivity contribution >= 4 is 23.7 Å². The van der Waals surface area contributed by atoms with E-state index >= 15 is 0 Å². The largest absolute Gasteiger partial charge is 0.405 e. The van der Waals surface area contributed by atoms with Gasteiger partial charge in [-0.05, 0) is 25.7 Å². The molecule has 0 aromatic heterocycles. The summed E-state index contributed by atoms with van der Waals surface area (Å²) in [5.41, 5.74) is 0. The average Bonchev–Trinajstić information content (AvgIpc) is 2.72. The maximum absolute atomic E-state index is 13.1. The second-order valence-corrected chi connectivity index (χ2v) is 10.7. The summed E-state index contributed by atoms with van der Waals surface area (Å²) >= 11 is 3.47. The van der Waals surface area contributed by atoms with Gasteiger partial charge in [0, 0.05) is 11.9 Å². The molecular formula is C23H49BrNO3P. The lowest BCUT2D eigenvalue weighted by atomic mass is 10.1. The number of hydrogen-bond donors (Lipinski definition) is 1. The third-order valence-electron chi connectivity index (χ3n) is 5.13. The molecule has 0 aromatic carbocycles. The van der Waals surface area contributed by atoms with E-state index in [1.807, 2.05) is 0 Å². The van der Waals surface area contributed by atoms with Gasteiger partial charge in [0.25, 0.3) is 0 Å². The molecule has 6 heteroatoms. The Morgan fingerprint density at radius 3 is 1.52 bits per heavy atom. The summed E-state index contributed by atoms with van der Waals surface area (Å²) in [5, 5.41) is 4.19. The fraction of sp³-hybridized carbons (Fsp3) is 1.00. The van der Waals surface area contributed by atoms with Crippen LogP contribution in [0.5, 0.6) is 0 Å². The first-order valence-electron chi connectivity index (χ1n) is 12.4. The summed E-state index contributed by atoms with van der Waals surface area (Å²) in [6.45, 7) is 6.22. The van der Waals surface area contributed by atoms with E-state index in [0.717, 1.165) is 37.4 Å². The molecule has 0 bridgehead atoms. The highest BCUT2D eigenvalue weighted by Crippen LogP contribution is 2.44. The number of nitrogens with one attached hydrogen (secondary N) is 1. The third kappa shape index (κ3) is 21.6. The van der Waals surface area contributed by atoms with E-state index in [9.17, 15) is 4.57 Å². The Morgan fingerprint density at radius 1 is 0.621 bits per heavy atom. The molecule has 0 spiro atoms. The number of hydrogen-bond acceptors (Lipinski definition) is 3. The molecule has 0 amide bonds. The Labute approximate surface area is 190 Å². The number of alkyl halides is 1. The van der Waals surface area contributed by atoms with E-state index in [-0.39, 0.29) is 0 Å². The fourth-order valence-electron chi connectivity index (χ4n) is 3.23. The molecule has 0 aliphatic heterocycles. The highest BCUT2D eigenvalue weighted by atomic mass is 79.9. The van der Waals surface area contributed by atoms with Crippen molar-refractivity contribution in [1.82, 2.24) is 5.09 Å². The number of halogens is 1. The van der Waals surface area contributed by atoms with Gasteiger partial charge in [-0.2, -0.15) is 0 Å². The Hall–Kier alpha value is 0.590. The third-order valence-corrected chi connectivity index (χ3v) is 7.35. The molecule has 4 nitrogen and oxygen atoms in total. The second-order valence-electron chi connectivity index (χ2n) is 8.06. The second kappa shape index (κ2) is 23.3. The zero-order valence-corrected chi connectivity index (χ0v) is 21.9. The lowest BCUT2D eigenvalue weighted by Crippen LogP contribution is -2.17. The van der Waals surface area contributed by atoms with Crippen LogP contribution >= 0.6 is 23.7 Å². The predicted octanol–water partition coefficient (Wildman–Crippen LogP) is 8.78. The molecule has 176 valence electrons. The zero-order chi connectivity index (χ0) is 21.5. The first-order chi connectivity index (χ1) is 14.2. The van der Waals surface area contributed by atoms with Crippen LogP contribution in [0.4, 0.5) is 0 Å². The molecule has 0 radical (unpaired) electrons. The topological polar surface area (TPSA) is 47.6 Å². The SMILES string of the molecule is CCCCCCCCNP(=O)(OCCCCCCCC)OCCCCCCCBr. The minimum absolute atomic E-state index is 0.519. The van der Waals surface area contributed by atoms with Crippen LogP contribution in [0.15, 0.2) is 0 Å². The summed E-state index contributed by atoms with van der Waals surface area (Å²) in [7, 11) is -3.16. The van der Waals surface area contributed by atoms with Gasteiger partial charge in [-0.15, -0.1) is 0 Å². The van der Waals surface area contributed by atoms with Gasteiger partial charge in [0.2, 0.25) is 0 Å². The van der Waals surface area contributed by atoms with Crippen LogP contribution in [0.2, 0.25) is 0 Å². The minimum Gasteiger partial charge on any atom is -0.297 e. The van der Waals surface area contributed by atoms with Crippen molar-refractivity contribution in [2.24, 2.45) is 0 Å². The van der Waals surface area contributed by atoms with Crippen molar-refractivity contribution in [3.63, 3.8) is 0 Å². The highest BCUT2D eigenvalue weighted by Gasteiger charge is 2.23. The van der Waals surface area contributed by atoms with Crippen molar-refractivity contribution < 1.29 is 13.6 Å². The summed E-state index contributed by atoms with van der Waals surface area (Å²) in [6.07, 6.45) is 20.3. The highest BCUT2D eigenvalue weighted by molar-refractivity contribution is 9.09. The molecule has 0 fully saturated rings. The lowest BCUT2D eigenvalue weighted by Gasteiger charge is -2.19. The summed E-state index contributed by atoms with van der Waals surface area (Å²) in [4.78, 5) is 0. The first kappa shape index (κ1) is 29.6. The Balaban J connectivity index is 4.05. The molecule has 0 aromatic rings. The van der Waals surface area contributed by atoms with Gasteiger partial charge in [0.15, 0.2) is 0 Å². The Bertz CT molecular complexity index is 320. The Kier molecular flexibility index (Phi) is 23.7. The molecule has 1 N–H and O–H groups in total. The van der Waals surface area contributed by atoms with Gasteiger partial charge >= 0.3 is 7.75 Å². The maximum atomic E-state index is 13.1. The molecule has 0 heterocycles. The minimum atomic E-state index is -3.16. The molecule has 0 rings (SSSR count). The van der Waals surface area contributed by atoms with Crippen molar-refractivity contribution in [3.05, 3.63) is 0 Å². The Morgan fingerprint density at radius 2 is 1.03 bits per heavy atom. The molecule has 0 saturated carbocycles. The monoisotopic (exact) mass is 497 g/mol. The molecule has 0 aliphatic rings. The van der Waals surface area contributed by atoms with Gasteiger partial charge in [-0.1, -0.05) is 113 Å². The van der Waals surface area contributed by atoms with Gasteiger partial charge in [-0.25, -0.2) is 9.65 Å². The van der Waals surface area contributed by atoms with Crippen molar-refractivity contribution in [2.75, 3.05) is 25.1 Å². The number of rotatable bonds is 24. The molecule has 0 aliphatic carbocycles. The van der Waals surface area contributed by atoms with E-state index in [4.69, 9.17) is 9.05 Å². The predicted molar refractivity (Wildman–Crippen MR) is 131 cm³/mol. The van der Waals surface area contributed by atoms with E-state index in [0.29, 0.717) is 19.8 Å². The van der Waals surface area contributed by atoms with Gasteiger partial charge < -0.3 is 0 Å². The van der Waals surface area contributed by atoms with Crippen LogP contribution in [0.25, 0.3) is 0 Å². The summed E-state index contributed by atoms with van der Waals surface area (Å²) in [6, 6.07) is 0. The van der Waals surface area contributed by atoms with Crippen LogP contribution in [0.1, 0.15) is 123 Å². The van der Waals surface area contributed by atoms with E-state index in [1.165, 1.54) is 77.0 Å². The van der Waals surface area contributed by atoms with Gasteiger partial charge in [0.1, 0.15) is 0 Å². The first-order valence-corrected chi connectivity index (χ1v) is 15.0. The maximum Gasteiger partial charge on any atom is 0.405 e. The van der Waals surface area contributed by atoms with Crippen LogP contribution in [0, 0.1) is 0 Å². The van der Waals surface area contributed by atoms with Crippen molar-refractivity contribution in [1.29, 1.82) is 0 Å². The van der Waals surface area contributed by atoms with Crippen LogP contribution in [-0.2, 0) is 13.6 Å². The fourth-order valence-corrected chi connectivity index (χ4v) is 5.05. The van der Waals surface area contributed by atoms with E-state index in [2.05, 4.69) is 34.9 Å². The quantitative estimate of drug-likeness (QED) is 0.0821. The van der Waals surface area contributed by atoms with E-state index in [1.54, 1.807) is 0 Å².